The summed E-state index contributed by atoms with van der Waals surface area (Å²) in [5.41, 5.74) is 0.392. The van der Waals surface area contributed by atoms with Gasteiger partial charge >= 0.3 is 5.97 Å². The molecule has 0 aliphatic carbocycles. The molecule has 0 aliphatic rings. The zero-order chi connectivity index (χ0) is 18.7. The van der Waals surface area contributed by atoms with Gasteiger partial charge in [0.25, 0.3) is 5.91 Å². The Morgan fingerprint density at radius 1 is 1.12 bits per heavy atom. The second-order valence-corrected chi connectivity index (χ2v) is 5.71. The second-order valence-electron chi connectivity index (χ2n) is 5.71. The Kier molecular flexibility index (Phi) is 4.97. The molecule has 0 saturated heterocycles. The summed E-state index contributed by atoms with van der Waals surface area (Å²) in [6.45, 7) is 1.14. The SMILES string of the molecule is C[C@H](NC(=O)COC(=O)c1cc(F)cc(F)c1)c1cc2ccccc2o1. The molecule has 0 unspecified atom stereocenters. The van der Waals surface area contributed by atoms with Crippen LogP contribution in [0.3, 0.4) is 0 Å². The normalized spacial score (nSPS) is 12.0. The number of para-hydroxylation sites is 1. The quantitative estimate of drug-likeness (QED) is 0.705. The van der Waals surface area contributed by atoms with E-state index < -0.39 is 36.2 Å². The topological polar surface area (TPSA) is 68.5 Å². The van der Waals surface area contributed by atoms with Crippen LogP contribution >= 0.6 is 0 Å². The van der Waals surface area contributed by atoms with Gasteiger partial charge in [-0.3, -0.25) is 4.79 Å². The van der Waals surface area contributed by atoms with Gasteiger partial charge < -0.3 is 14.5 Å². The monoisotopic (exact) mass is 359 g/mol. The molecule has 26 heavy (non-hydrogen) atoms. The highest BCUT2D eigenvalue weighted by Gasteiger charge is 2.17. The summed E-state index contributed by atoms with van der Waals surface area (Å²) in [6.07, 6.45) is 0. The standard InChI is InChI=1S/C19H15F2NO4/c1-11(17-8-12-4-2-3-5-16(12)26-17)22-18(23)10-25-19(24)13-6-14(20)9-15(21)7-13/h2-9,11H,10H2,1H3,(H,22,23)/t11-/m0/s1. The summed E-state index contributed by atoms with van der Waals surface area (Å²) in [7, 11) is 0. The number of carbonyl (C=O) groups excluding carboxylic acids is 2. The number of furan rings is 1. The second kappa shape index (κ2) is 7.35. The van der Waals surface area contributed by atoms with Crippen LogP contribution in [0.15, 0.2) is 52.9 Å². The highest BCUT2D eigenvalue weighted by atomic mass is 19.1. The highest BCUT2D eigenvalue weighted by Crippen LogP contribution is 2.23. The molecule has 0 aliphatic heterocycles. The van der Waals surface area contributed by atoms with E-state index >= 15 is 0 Å². The highest BCUT2D eigenvalue weighted by molar-refractivity contribution is 5.91. The van der Waals surface area contributed by atoms with Crippen molar-refractivity contribution in [3.05, 3.63) is 71.5 Å². The van der Waals surface area contributed by atoms with E-state index in [0.29, 0.717) is 17.4 Å². The summed E-state index contributed by atoms with van der Waals surface area (Å²) >= 11 is 0. The van der Waals surface area contributed by atoms with Gasteiger partial charge in [0.1, 0.15) is 23.0 Å². The van der Waals surface area contributed by atoms with Crippen molar-refractivity contribution in [2.75, 3.05) is 6.61 Å². The zero-order valence-electron chi connectivity index (χ0n) is 13.8. The number of ether oxygens (including phenoxy) is 1. The summed E-state index contributed by atoms with van der Waals surface area (Å²) in [5.74, 6) is -2.81. The number of benzene rings is 2. The number of carbonyl (C=O) groups is 2. The van der Waals surface area contributed by atoms with Crippen LogP contribution in [-0.4, -0.2) is 18.5 Å². The lowest BCUT2D eigenvalue weighted by molar-refractivity contribution is -0.125. The van der Waals surface area contributed by atoms with Crippen LogP contribution in [-0.2, 0) is 9.53 Å². The molecule has 0 bridgehead atoms. The lowest BCUT2D eigenvalue weighted by atomic mass is 10.2. The fourth-order valence-corrected chi connectivity index (χ4v) is 2.46. The van der Waals surface area contributed by atoms with Gasteiger partial charge in [-0.25, -0.2) is 13.6 Å². The van der Waals surface area contributed by atoms with Crippen LogP contribution in [0.2, 0.25) is 0 Å². The largest absolute Gasteiger partial charge is 0.459 e. The molecular weight excluding hydrogens is 344 g/mol. The maximum absolute atomic E-state index is 13.1. The minimum Gasteiger partial charge on any atom is -0.459 e. The van der Waals surface area contributed by atoms with Crippen LogP contribution in [0.5, 0.6) is 0 Å². The summed E-state index contributed by atoms with van der Waals surface area (Å²) in [6, 6.07) is 11.1. The van der Waals surface area contributed by atoms with Crippen molar-refractivity contribution in [2.24, 2.45) is 0 Å². The number of halogens is 2. The number of amides is 1. The molecule has 5 nitrogen and oxygen atoms in total. The van der Waals surface area contributed by atoms with E-state index in [-0.39, 0.29) is 5.56 Å². The number of fused-ring (bicyclic) bond motifs is 1. The lowest BCUT2D eigenvalue weighted by Gasteiger charge is -2.11. The Morgan fingerprint density at radius 2 is 1.81 bits per heavy atom. The van der Waals surface area contributed by atoms with Gasteiger partial charge in [-0.15, -0.1) is 0 Å². The molecule has 2 aromatic carbocycles. The molecule has 1 amide bonds. The molecule has 7 heteroatoms. The van der Waals surface area contributed by atoms with E-state index in [1.165, 1.54) is 0 Å². The molecule has 1 heterocycles. The number of esters is 1. The molecule has 0 saturated carbocycles. The molecule has 134 valence electrons. The smallest absolute Gasteiger partial charge is 0.338 e. The fraction of sp³-hybridized carbons (Fsp3) is 0.158. The molecule has 1 aromatic heterocycles. The number of hydrogen-bond donors (Lipinski definition) is 1. The van der Waals surface area contributed by atoms with Crippen molar-refractivity contribution in [3.63, 3.8) is 0 Å². The van der Waals surface area contributed by atoms with Crippen molar-refractivity contribution >= 4 is 22.8 Å². The van der Waals surface area contributed by atoms with Gasteiger partial charge in [-0.05, 0) is 31.2 Å². The van der Waals surface area contributed by atoms with Crippen LogP contribution in [0, 0.1) is 11.6 Å². The summed E-state index contributed by atoms with van der Waals surface area (Å²) < 4.78 is 36.6. The first-order valence-electron chi connectivity index (χ1n) is 7.83. The molecule has 3 aromatic rings. The zero-order valence-corrected chi connectivity index (χ0v) is 13.8. The first-order chi connectivity index (χ1) is 12.4. The van der Waals surface area contributed by atoms with E-state index in [0.717, 1.165) is 17.5 Å². The Morgan fingerprint density at radius 3 is 2.50 bits per heavy atom. The molecule has 1 atom stereocenters. The predicted molar refractivity (Wildman–Crippen MR) is 89.4 cm³/mol. The van der Waals surface area contributed by atoms with Gasteiger partial charge in [-0.1, -0.05) is 18.2 Å². The maximum atomic E-state index is 13.1. The molecule has 1 N–H and O–H groups in total. The summed E-state index contributed by atoms with van der Waals surface area (Å²) in [5, 5.41) is 3.53. The predicted octanol–water partition coefficient (Wildman–Crippen LogP) is 3.75. The number of rotatable bonds is 5. The van der Waals surface area contributed by atoms with Crippen molar-refractivity contribution in [2.45, 2.75) is 13.0 Å². The Labute approximate surface area is 147 Å². The lowest BCUT2D eigenvalue weighted by Crippen LogP contribution is -2.31. The Hall–Kier alpha value is -3.22. The number of hydrogen-bond acceptors (Lipinski definition) is 4. The van der Waals surface area contributed by atoms with E-state index in [1.807, 2.05) is 30.3 Å². The average Bonchev–Trinajstić information content (AvgIpc) is 3.03. The molecule has 0 radical (unpaired) electrons. The van der Waals surface area contributed by atoms with Crippen molar-refractivity contribution in [1.82, 2.24) is 5.32 Å². The van der Waals surface area contributed by atoms with Gasteiger partial charge in [0.15, 0.2) is 6.61 Å². The van der Waals surface area contributed by atoms with Gasteiger partial charge in [0.2, 0.25) is 0 Å². The van der Waals surface area contributed by atoms with Gasteiger partial charge in [0, 0.05) is 11.5 Å². The Bertz CT molecular complexity index is 914. The molecule has 0 spiro atoms. The average molecular weight is 359 g/mol. The number of nitrogens with one attached hydrogen (secondary N) is 1. The van der Waals surface area contributed by atoms with Crippen molar-refractivity contribution in [1.29, 1.82) is 0 Å². The van der Waals surface area contributed by atoms with Crippen LogP contribution in [0.4, 0.5) is 8.78 Å². The first kappa shape index (κ1) is 17.6. The third kappa shape index (κ3) is 4.05. The van der Waals surface area contributed by atoms with Crippen molar-refractivity contribution in [3.8, 4) is 0 Å². The van der Waals surface area contributed by atoms with E-state index in [1.54, 1.807) is 6.92 Å². The third-order valence-corrected chi connectivity index (χ3v) is 3.68. The molecular formula is C19H15F2NO4. The maximum Gasteiger partial charge on any atom is 0.338 e. The van der Waals surface area contributed by atoms with E-state index in [2.05, 4.69) is 5.32 Å². The minimum absolute atomic E-state index is 0.305. The molecule has 0 fully saturated rings. The van der Waals surface area contributed by atoms with Crippen LogP contribution < -0.4 is 5.32 Å². The molecule has 3 rings (SSSR count). The van der Waals surface area contributed by atoms with Crippen molar-refractivity contribution < 1.29 is 27.5 Å². The summed E-state index contributed by atoms with van der Waals surface area (Å²) in [4.78, 5) is 23.7. The Balaban J connectivity index is 1.57. The third-order valence-electron chi connectivity index (χ3n) is 3.68. The first-order valence-corrected chi connectivity index (χ1v) is 7.83. The van der Waals surface area contributed by atoms with Gasteiger partial charge in [0.05, 0.1) is 11.6 Å². The van der Waals surface area contributed by atoms with E-state index in [9.17, 15) is 18.4 Å². The fourth-order valence-electron chi connectivity index (χ4n) is 2.46. The van der Waals surface area contributed by atoms with E-state index in [4.69, 9.17) is 9.15 Å². The van der Waals surface area contributed by atoms with Crippen LogP contribution in [0.25, 0.3) is 11.0 Å². The van der Waals surface area contributed by atoms with Gasteiger partial charge in [-0.2, -0.15) is 0 Å². The van der Waals surface area contributed by atoms with Crippen LogP contribution in [0.1, 0.15) is 29.1 Å². The minimum atomic E-state index is -0.991.